The minimum absolute atomic E-state index is 0.00599. The van der Waals surface area contributed by atoms with Crippen LogP contribution in [0.5, 0.6) is 0 Å². The van der Waals surface area contributed by atoms with Crippen molar-refractivity contribution in [1.82, 2.24) is 0 Å². The predicted molar refractivity (Wildman–Crippen MR) is 92.5 cm³/mol. The zero-order valence-corrected chi connectivity index (χ0v) is 17.5. The lowest BCUT2D eigenvalue weighted by molar-refractivity contribution is -0.412. The molecular weight excluding hydrogens is 544 g/mol. The molecule has 176 valence electrons. The van der Waals surface area contributed by atoms with Crippen molar-refractivity contribution in [1.29, 1.82) is 0 Å². The van der Waals surface area contributed by atoms with Crippen LogP contribution < -0.4 is 0 Å². The van der Waals surface area contributed by atoms with Crippen LogP contribution in [0.15, 0.2) is 0 Å². The van der Waals surface area contributed by atoms with Crippen LogP contribution in [-0.2, 0) is 4.74 Å². The number of hydrogen-bond donors (Lipinski definition) is 0. The molecule has 0 spiro atoms. The second-order valence-electron chi connectivity index (χ2n) is 6.59. The van der Waals surface area contributed by atoms with E-state index in [0.29, 0.717) is 6.42 Å². The summed E-state index contributed by atoms with van der Waals surface area (Å²) in [7, 11) is 0. The predicted octanol–water partition coefficient (Wildman–Crippen LogP) is 7.66. The van der Waals surface area contributed by atoms with Gasteiger partial charge >= 0.3 is 24.2 Å². The van der Waals surface area contributed by atoms with E-state index in [-0.39, 0.29) is 6.61 Å². The van der Waals surface area contributed by atoms with Crippen LogP contribution in [0.3, 0.4) is 0 Å². The van der Waals surface area contributed by atoms with Crippen molar-refractivity contribution in [3.05, 3.63) is 0 Å². The monoisotopic (exact) mass is 566 g/mol. The molecule has 0 aliphatic rings. The van der Waals surface area contributed by atoms with Gasteiger partial charge in [0.15, 0.2) is 0 Å². The number of rotatable bonds is 13. The summed E-state index contributed by atoms with van der Waals surface area (Å²) in [6.07, 6.45) is -11.0. The summed E-state index contributed by atoms with van der Waals surface area (Å²) in [5, 5.41) is 0. The lowest BCUT2D eigenvalue weighted by atomic mass is 9.87. The molecular formula is C16H22F11IO. The summed E-state index contributed by atoms with van der Waals surface area (Å²) in [5.41, 5.74) is -6.10. The van der Waals surface area contributed by atoms with Crippen LogP contribution in [0.1, 0.15) is 51.9 Å². The molecule has 0 aromatic rings. The molecule has 0 saturated carbocycles. The molecule has 1 nitrogen and oxygen atoms in total. The minimum atomic E-state index is -7.22. The summed E-state index contributed by atoms with van der Waals surface area (Å²) in [6.45, 7) is 1.29. The number of ether oxygens (including phenoxy) is 1. The molecule has 0 aliphatic carbocycles. The van der Waals surface area contributed by atoms with Crippen LogP contribution in [0.4, 0.5) is 48.3 Å². The molecule has 2 atom stereocenters. The fraction of sp³-hybridized carbons (Fsp3) is 1.00. The zero-order valence-electron chi connectivity index (χ0n) is 15.4. The van der Waals surface area contributed by atoms with Crippen molar-refractivity contribution >= 4 is 22.6 Å². The highest BCUT2D eigenvalue weighted by molar-refractivity contribution is 14.1. The van der Waals surface area contributed by atoms with Crippen molar-refractivity contribution in [3.63, 3.8) is 0 Å². The molecule has 0 fully saturated rings. The van der Waals surface area contributed by atoms with Gasteiger partial charge in [-0.1, -0.05) is 61.6 Å². The van der Waals surface area contributed by atoms with Gasteiger partial charge in [-0.3, -0.25) is 0 Å². The highest BCUT2D eigenvalue weighted by atomic mass is 127. The Morgan fingerprint density at radius 1 is 0.690 bits per heavy atom. The normalized spacial score (nSPS) is 17.3. The van der Waals surface area contributed by atoms with Crippen LogP contribution >= 0.6 is 22.6 Å². The maximum atomic E-state index is 14.2. The molecule has 0 aromatic carbocycles. The molecule has 0 bridgehead atoms. The number of halogens is 12. The molecule has 0 saturated heterocycles. The Bertz CT molecular complexity index is 478. The molecule has 0 heterocycles. The average Bonchev–Trinajstić information content (AvgIpc) is 2.54. The van der Waals surface area contributed by atoms with Crippen molar-refractivity contribution in [2.45, 2.75) is 85.7 Å². The first-order valence-electron chi connectivity index (χ1n) is 8.75. The third-order valence-electron chi connectivity index (χ3n) is 4.14. The number of alkyl halides is 12. The Labute approximate surface area is 174 Å². The van der Waals surface area contributed by atoms with Crippen LogP contribution in [-0.4, -0.2) is 47.0 Å². The maximum absolute atomic E-state index is 14.2. The van der Waals surface area contributed by atoms with Gasteiger partial charge in [0.25, 0.3) is 5.67 Å². The lowest BCUT2D eigenvalue weighted by Crippen LogP contribution is -2.68. The van der Waals surface area contributed by atoms with Gasteiger partial charge in [0.1, 0.15) is 0 Å². The van der Waals surface area contributed by atoms with Crippen molar-refractivity contribution < 1.29 is 53.0 Å². The van der Waals surface area contributed by atoms with E-state index in [4.69, 9.17) is 4.74 Å². The topological polar surface area (TPSA) is 9.23 Å². The summed E-state index contributed by atoms with van der Waals surface area (Å²) in [5.74, 6) is -14.3. The van der Waals surface area contributed by atoms with Gasteiger partial charge in [0, 0.05) is 17.0 Å². The van der Waals surface area contributed by atoms with Crippen LogP contribution in [0.25, 0.3) is 0 Å². The number of hydrogen-bond acceptors (Lipinski definition) is 1. The first-order valence-corrected chi connectivity index (χ1v) is 10.00. The fourth-order valence-electron chi connectivity index (χ4n) is 2.41. The molecule has 0 N–H and O–H groups in total. The second-order valence-corrected chi connectivity index (χ2v) is 8.35. The minimum Gasteiger partial charge on any atom is -0.380 e. The number of unbranched alkanes of at least 4 members (excludes halogenated alkanes) is 5. The van der Waals surface area contributed by atoms with Gasteiger partial charge in [-0.2, -0.15) is 43.9 Å². The largest absolute Gasteiger partial charge is 0.460 e. The molecule has 0 radical (unpaired) electrons. The molecule has 0 rings (SSSR count). The van der Waals surface area contributed by atoms with Crippen molar-refractivity contribution in [2.75, 3.05) is 13.2 Å². The molecule has 2 unspecified atom stereocenters. The van der Waals surface area contributed by atoms with E-state index in [0.717, 1.165) is 54.7 Å². The van der Waals surface area contributed by atoms with E-state index in [1.54, 1.807) is 0 Å². The summed E-state index contributed by atoms with van der Waals surface area (Å²) in [4.78, 5) is 0. The maximum Gasteiger partial charge on any atom is 0.460 e. The van der Waals surface area contributed by atoms with E-state index in [9.17, 15) is 48.3 Å². The van der Waals surface area contributed by atoms with Gasteiger partial charge < -0.3 is 4.74 Å². The van der Waals surface area contributed by atoms with Crippen LogP contribution in [0.2, 0.25) is 0 Å². The molecule has 0 aliphatic heterocycles. The summed E-state index contributed by atoms with van der Waals surface area (Å²) < 4.78 is 146. The van der Waals surface area contributed by atoms with E-state index >= 15 is 0 Å². The smallest absolute Gasteiger partial charge is 0.380 e. The Morgan fingerprint density at radius 2 is 1.17 bits per heavy atom. The average molecular weight is 566 g/mol. The van der Waals surface area contributed by atoms with Crippen molar-refractivity contribution in [3.8, 4) is 0 Å². The molecule has 0 aromatic heterocycles. The van der Waals surface area contributed by atoms with Crippen LogP contribution in [0, 0.1) is 0 Å². The Kier molecular flexibility index (Phi) is 11.0. The Hall–Kier alpha value is -0.0800. The quantitative estimate of drug-likeness (QED) is 0.0964. The highest BCUT2D eigenvalue weighted by Crippen LogP contribution is 2.58. The first kappa shape index (κ1) is 28.9. The van der Waals surface area contributed by atoms with E-state index in [2.05, 4.69) is 0 Å². The van der Waals surface area contributed by atoms with E-state index in [1.165, 1.54) is 0 Å². The van der Waals surface area contributed by atoms with Gasteiger partial charge in [-0.15, -0.1) is 0 Å². The van der Waals surface area contributed by atoms with Crippen molar-refractivity contribution in [2.24, 2.45) is 0 Å². The molecule has 0 amide bonds. The molecule has 29 heavy (non-hydrogen) atoms. The first-order chi connectivity index (χ1) is 13.0. The molecule has 13 heteroatoms. The summed E-state index contributed by atoms with van der Waals surface area (Å²) >= 11 is 1.05. The lowest BCUT2D eigenvalue weighted by Gasteiger charge is -2.40. The summed E-state index contributed by atoms with van der Waals surface area (Å²) in [6, 6.07) is 0. The van der Waals surface area contributed by atoms with E-state index < -0.39 is 46.8 Å². The van der Waals surface area contributed by atoms with Gasteiger partial charge in [0.05, 0.1) is 6.61 Å². The zero-order chi connectivity index (χ0) is 23.1. The second kappa shape index (κ2) is 11.0. The Balaban J connectivity index is 5.05. The van der Waals surface area contributed by atoms with Gasteiger partial charge in [0.2, 0.25) is 0 Å². The van der Waals surface area contributed by atoms with E-state index in [1.807, 2.05) is 6.92 Å². The fourth-order valence-corrected chi connectivity index (χ4v) is 3.27. The third-order valence-corrected chi connectivity index (χ3v) is 4.94. The van der Waals surface area contributed by atoms with Gasteiger partial charge in [-0.05, 0) is 6.42 Å². The highest BCUT2D eigenvalue weighted by Gasteiger charge is 2.86. The third kappa shape index (κ3) is 7.23. The Morgan fingerprint density at radius 3 is 1.62 bits per heavy atom. The van der Waals surface area contributed by atoms with Gasteiger partial charge in [-0.25, -0.2) is 4.39 Å². The standard InChI is InChI=1S/C16H22F11IO/c1-2-3-4-5-6-7-8-29-10-11(28)9-12(17,15(22,23)24)13(18,19)14(20,21)16(25,26)27/h11H,2-10H2,1H3. The SMILES string of the molecule is CCCCCCCCOCC(I)CC(F)(C(F)(F)F)C(F)(F)C(F)(F)C(F)(F)F.